The predicted molar refractivity (Wildman–Crippen MR) is 143 cm³/mol. The second-order valence-electron chi connectivity index (χ2n) is 9.92. The van der Waals surface area contributed by atoms with Gasteiger partial charge in [-0.15, -0.1) is 0 Å². The molecule has 4 heteroatoms. The Hall–Kier alpha value is -3.94. The Kier molecular flexibility index (Phi) is 5.59. The van der Waals surface area contributed by atoms with Crippen molar-refractivity contribution in [1.29, 1.82) is 5.26 Å². The summed E-state index contributed by atoms with van der Waals surface area (Å²) < 4.78 is 14.4. The van der Waals surface area contributed by atoms with Gasteiger partial charge in [0.2, 0.25) is 5.69 Å². The molecule has 0 radical (unpaired) electrons. The van der Waals surface area contributed by atoms with E-state index < -0.39 is 0 Å². The maximum absolute atomic E-state index is 10.0. The number of aryl methyl sites for hydroxylation is 3. The van der Waals surface area contributed by atoms with E-state index in [1.54, 1.807) is 0 Å². The number of ether oxygens (including phenoxy) is 1. The fourth-order valence-electron chi connectivity index (χ4n) is 5.66. The molecule has 1 aliphatic heterocycles. The van der Waals surface area contributed by atoms with E-state index in [-0.39, 0.29) is 0 Å². The lowest BCUT2D eigenvalue weighted by molar-refractivity contribution is -0.660. The number of hydrogen-bond donors (Lipinski definition) is 0. The van der Waals surface area contributed by atoms with Crippen LogP contribution in [0.1, 0.15) is 41.0 Å². The third kappa shape index (κ3) is 3.68. The van der Waals surface area contributed by atoms with Crippen LogP contribution >= 0.6 is 0 Å². The lowest BCUT2D eigenvalue weighted by Gasteiger charge is -2.22. The number of hydrogen-bond acceptors (Lipinski definition) is 3. The van der Waals surface area contributed by atoms with Gasteiger partial charge in [-0.2, -0.15) is 5.26 Å². The molecule has 3 heterocycles. The average molecular weight is 474 g/mol. The minimum atomic E-state index is 0.533. The van der Waals surface area contributed by atoms with E-state index in [0.29, 0.717) is 11.5 Å². The van der Waals surface area contributed by atoms with Crippen molar-refractivity contribution >= 4 is 21.9 Å². The second-order valence-corrected chi connectivity index (χ2v) is 9.92. The molecule has 36 heavy (non-hydrogen) atoms. The van der Waals surface area contributed by atoms with Crippen molar-refractivity contribution < 1.29 is 13.7 Å². The Morgan fingerprint density at radius 3 is 2.22 bits per heavy atom. The van der Waals surface area contributed by atoms with Gasteiger partial charge in [-0.3, -0.25) is 0 Å². The van der Waals surface area contributed by atoms with E-state index in [9.17, 15) is 5.26 Å². The monoisotopic (exact) mass is 473 g/mol. The number of pyridine rings is 1. The Balaban J connectivity index is 1.56. The van der Waals surface area contributed by atoms with Crippen molar-refractivity contribution in [2.45, 2.75) is 32.6 Å². The number of furan rings is 1. The molecule has 0 saturated carbocycles. The molecule has 1 aliphatic rings. The number of benzene rings is 3. The first-order valence-corrected chi connectivity index (χ1v) is 12.6. The van der Waals surface area contributed by atoms with Crippen LogP contribution in [0.4, 0.5) is 0 Å². The molecule has 0 aliphatic carbocycles. The molecule has 3 aromatic carbocycles. The lowest BCUT2D eigenvalue weighted by atomic mass is 9.89. The first-order chi connectivity index (χ1) is 17.5. The van der Waals surface area contributed by atoms with Gasteiger partial charge in [-0.1, -0.05) is 36.4 Å². The topological polar surface area (TPSA) is 50.0 Å². The average Bonchev–Trinajstić information content (AvgIpc) is 3.28. The highest BCUT2D eigenvalue weighted by Crippen LogP contribution is 2.42. The standard InChI is InChI=1S/C32H29N2O2/c1-20-4-13-28(34(3)19-20)29-21(2)5-11-26-27-12-10-25(18-33)30(32(27)36-31(26)29)24-8-6-22(7-9-24)23-14-16-35-17-15-23/h4-13,19,23H,14-17H2,1-3H3/q+1. The van der Waals surface area contributed by atoms with E-state index in [4.69, 9.17) is 9.15 Å². The number of aromatic nitrogens is 1. The molecule has 0 amide bonds. The van der Waals surface area contributed by atoms with Gasteiger partial charge in [0.05, 0.1) is 17.2 Å². The maximum atomic E-state index is 10.0. The Morgan fingerprint density at radius 2 is 1.53 bits per heavy atom. The molecular weight excluding hydrogens is 444 g/mol. The summed E-state index contributed by atoms with van der Waals surface area (Å²) in [6, 6.07) is 23.6. The number of rotatable bonds is 3. The summed E-state index contributed by atoms with van der Waals surface area (Å²) in [5.74, 6) is 0.533. The Labute approximate surface area is 211 Å². The van der Waals surface area contributed by atoms with Gasteiger partial charge in [0.15, 0.2) is 6.20 Å². The van der Waals surface area contributed by atoms with Gasteiger partial charge in [0.1, 0.15) is 18.2 Å². The summed E-state index contributed by atoms with van der Waals surface area (Å²) in [4.78, 5) is 0. The smallest absolute Gasteiger partial charge is 0.216 e. The van der Waals surface area contributed by atoms with Crippen molar-refractivity contribution in [1.82, 2.24) is 0 Å². The van der Waals surface area contributed by atoms with Crippen LogP contribution in [0.25, 0.3) is 44.3 Å². The quantitative estimate of drug-likeness (QED) is 0.262. The molecule has 6 rings (SSSR count). The van der Waals surface area contributed by atoms with Crippen LogP contribution in [0, 0.1) is 25.2 Å². The molecule has 5 aromatic rings. The highest BCUT2D eigenvalue weighted by molar-refractivity contribution is 6.14. The maximum Gasteiger partial charge on any atom is 0.216 e. The molecule has 1 saturated heterocycles. The molecule has 0 N–H and O–H groups in total. The van der Waals surface area contributed by atoms with Crippen LogP contribution in [-0.4, -0.2) is 13.2 Å². The molecule has 4 nitrogen and oxygen atoms in total. The van der Waals surface area contributed by atoms with Crippen LogP contribution in [-0.2, 0) is 11.8 Å². The summed E-state index contributed by atoms with van der Waals surface area (Å²) in [7, 11) is 2.07. The molecular formula is C32H29N2O2+. The van der Waals surface area contributed by atoms with Gasteiger partial charge in [-0.05, 0) is 67.5 Å². The summed E-state index contributed by atoms with van der Waals surface area (Å²) in [6.07, 6.45) is 4.25. The molecule has 0 bridgehead atoms. The first kappa shape index (κ1) is 22.5. The third-order valence-electron chi connectivity index (χ3n) is 7.57. The summed E-state index contributed by atoms with van der Waals surface area (Å²) in [5.41, 5.74) is 10.0. The number of nitrogens with zero attached hydrogens (tertiary/aromatic N) is 2. The second kappa shape index (κ2) is 8.93. The number of fused-ring (bicyclic) bond motifs is 3. The van der Waals surface area contributed by atoms with E-state index >= 15 is 0 Å². The fraction of sp³-hybridized carbons (Fsp3) is 0.250. The highest BCUT2D eigenvalue weighted by atomic mass is 16.5. The Morgan fingerprint density at radius 1 is 0.833 bits per heavy atom. The lowest BCUT2D eigenvalue weighted by Crippen LogP contribution is -2.31. The fourth-order valence-corrected chi connectivity index (χ4v) is 5.66. The van der Waals surface area contributed by atoms with Crippen LogP contribution in [0.5, 0.6) is 0 Å². The predicted octanol–water partition coefficient (Wildman–Crippen LogP) is 7.13. The van der Waals surface area contributed by atoms with Gasteiger partial charge < -0.3 is 9.15 Å². The minimum Gasteiger partial charge on any atom is -0.454 e. The normalized spacial score (nSPS) is 14.4. The van der Waals surface area contributed by atoms with Gasteiger partial charge in [0.25, 0.3) is 0 Å². The zero-order valence-corrected chi connectivity index (χ0v) is 21.0. The van der Waals surface area contributed by atoms with Gasteiger partial charge in [0, 0.05) is 41.2 Å². The third-order valence-corrected chi connectivity index (χ3v) is 7.57. The van der Waals surface area contributed by atoms with Crippen LogP contribution < -0.4 is 4.57 Å². The molecule has 0 atom stereocenters. The van der Waals surface area contributed by atoms with E-state index in [1.807, 2.05) is 12.1 Å². The molecule has 0 spiro atoms. The van der Waals surface area contributed by atoms with Gasteiger partial charge >= 0.3 is 0 Å². The summed E-state index contributed by atoms with van der Waals surface area (Å²) >= 11 is 0. The highest BCUT2D eigenvalue weighted by Gasteiger charge is 2.23. The molecule has 0 unspecified atom stereocenters. The summed E-state index contributed by atoms with van der Waals surface area (Å²) in [5, 5.41) is 12.1. The SMILES string of the molecule is Cc1ccc(-c2c(C)ccc3c2oc2c(-c4ccc(C5CCOCC5)cc4)c(C#N)ccc23)[n+](C)c1. The van der Waals surface area contributed by atoms with E-state index in [2.05, 4.69) is 86.3 Å². The van der Waals surface area contributed by atoms with Crippen molar-refractivity contribution in [2.75, 3.05) is 13.2 Å². The minimum absolute atomic E-state index is 0.533. The molecule has 2 aromatic heterocycles. The zero-order chi connectivity index (χ0) is 24.8. The molecule has 1 fully saturated rings. The number of nitriles is 1. The van der Waals surface area contributed by atoms with Crippen LogP contribution in [0.15, 0.2) is 71.3 Å². The van der Waals surface area contributed by atoms with Crippen molar-refractivity contribution in [2.24, 2.45) is 7.05 Å². The van der Waals surface area contributed by atoms with Crippen molar-refractivity contribution in [3.05, 3.63) is 89.1 Å². The van der Waals surface area contributed by atoms with E-state index in [1.165, 1.54) is 11.1 Å². The van der Waals surface area contributed by atoms with Gasteiger partial charge in [-0.25, -0.2) is 4.57 Å². The molecule has 178 valence electrons. The van der Waals surface area contributed by atoms with Crippen molar-refractivity contribution in [3.63, 3.8) is 0 Å². The zero-order valence-electron chi connectivity index (χ0n) is 21.0. The van der Waals surface area contributed by atoms with Crippen LogP contribution in [0.2, 0.25) is 0 Å². The largest absolute Gasteiger partial charge is 0.454 e. The van der Waals surface area contributed by atoms with Crippen molar-refractivity contribution in [3.8, 4) is 28.5 Å². The van der Waals surface area contributed by atoms with Crippen LogP contribution in [0.3, 0.4) is 0 Å². The van der Waals surface area contributed by atoms with E-state index in [0.717, 1.165) is 75.9 Å². The Bertz CT molecular complexity index is 1650. The first-order valence-electron chi connectivity index (χ1n) is 12.6. The summed E-state index contributed by atoms with van der Waals surface area (Å²) in [6.45, 7) is 5.87.